The van der Waals surface area contributed by atoms with E-state index < -0.39 is 20.0 Å². The van der Waals surface area contributed by atoms with Gasteiger partial charge in [-0.15, -0.1) is 0 Å². The standard InChI is InChI=1S/C66H129N2O6P/c1-6-8-10-12-14-16-18-20-22-23-24-25-26-27-28-29-30-31-32-33-34-35-36-37-38-39-40-41-42-43-44-45-46-48-50-52-54-56-58-60-66(70)67-64(63-74-75(71,72)73-62-61-68(3,4)5)65(69)59-57-55-53-51-49-47-21-19-17-15-13-11-9-7-2/h18,20,23-24,57,59,64-65,69H,6-17,19,21-22,25-56,58,60-63H2,1-5H3,(H-,67,70,71,72)/p+1/b20-18-,24-23-,59-57+. The number of nitrogens with one attached hydrogen (secondary N) is 1. The Morgan fingerprint density at radius 1 is 0.453 bits per heavy atom. The van der Waals surface area contributed by atoms with Gasteiger partial charge >= 0.3 is 7.82 Å². The number of likely N-dealkylation sites (N-methyl/N-ethyl adjacent to an activating group) is 1. The summed E-state index contributed by atoms with van der Waals surface area (Å²) in [4.78, 5) is 23.3. The Hall–Kier alpha value is -1.28. The zero-order valence-electron chi connectivity index (χ0n) is 50.8. The van der Waals surface area contributed by atoms with E-state index in [4.69, 9.17) is 9.05 Å². The molecule has 0 spiro atoms. The first kappa shape index (κ1) is 73.7. The Morgan fingerprint density at radius 3 is 1.09 bits per heavy atom. The fraction of sp³-hybridized carbons (Fsp3) is 0.894. The number of quaternary nitrogens is 1. The van der Waals surface area contributed by atoms with Gasteiger partial charge in [-0.2, -0.15) is 0 Å². The van der Waals surface area contributed by atoms with E-state index in [9.17, 15) is 19.4 Å². The van der Waals surface area contributed by atoms with E-state index in [0.29, 0.717) is 17.4 Å². The van der Waals surface area contributed by atoms with Gasteiger partial charge in [-0.25, -0.2) is 4.57 Å². The van der Waals surface area contributed by atoms with Crippen LogP contribution in [0.5, 0.6) is 0 Å². The third-order valence-corrected chi connectivity index (χ3v) is 16.1. The van der Waals surface area contributed by atoms with E-state index in [1.165, 1.54) is 263 Å². The molecule has 9 heteroatoms. The second-order valence-corrected chi connectivity index (χ2v) is 25.3. The van der Waals surface area contributed by atoms with Gasteiger partial charge in [0.25, 0.3) is 0 Å². The molecule has 0 aliphatic heterocycles. The molecule has 3 atom stereocenters. The maximum absolute atomic E-state index is 13.0. The molecule has 0 rings (SSSR count). The summed E-state index contributed by atoms with van der Waals surface area (Å²) in [5.41, 5.74) is 0. The predicted octanol–water partition coefficient (Wildman–Crippen LogP) is 20.5. The molecule has 0 saturated heterocycles. The zero-order valence-corrected chi connectivity index (χ0v) is 51.7. The second-order valence-electron chi connectivity index (χ2n) is 23.8. The molecule has 75 heavy (non-hydrogen) atoms. The molecule has 3 N–H and O–H groups in total. The summed E-state index contributed by atoms with van der Waals surface area (Å²) < 4.78 is 23.7. The lowest BCUT2D eigenvalue weighted by molar-refractivity contribution is -0.870. The monoisotopic (exact) mass is 1080 g/mol. The van der Waals surface area contributed by atoms with Gasteiger partial charge in [0.1, 0.15) is 13.2 Å². The minimum absolute atomic E-state index is 0.0638. The van der Waals surface area contributed by atoms with Crippen LogP contribution < -0.4 is 5.32 Å². The minimum atomic E-state index is -4.34. The Morgan fingerprint density at radius 2 is 0.760 bits per heavy atom. The van der Waals surface area contributed by atoms with Gasteiger partial charge in [0.15, 0.2) is 0 Å². The molecule has 0 fully saturated rings. The van der Waals surface area contributed by atoms with Crippen molar-refractivity contribution in [3.63, 3.8) is 0 Å². The number of phosphoric acid groups is 1. The Kier molecular flexibility index (Phi) is 56.4. The van der Waals surface area contributed by atoms with E-state index >= 15 is 0 Å². The first-order valence-corrected chi connectivity index (χ1v) is 34.4. The quantitative estimate of drug-likeness (QED) is 0.0243. The molecule has 0 aliphatic rings. The van der Waals surface area contributed by atoms with Crippen LogP contribution in [0.1, 0.15) is 328 Å². The number of allylic oxidation sites excluding steroid dienone is 5. The largest absolute Gasteiger partial charge is 0.472 e. The number of amides is 1. The van der Waals surface area contributed by atoms with Gasteiger partial charge in [0, 0.05) is 6.42 Å². The molecular weight excluding hydrogens is 948 g/mol. The molecule has 3 unspecified atom stereocenters. The van der Waals surface area contributed by atoms with Gasteiger partial charge in [-0.3, -0.25) is 13.8 Å². The van der Waals surface area contributed by atoms with Crippen LogP contribution in [0.15, 0.2) is 36.5 Å². The van der Waals surface area contributed by atoms with Gasteiger partial charge in [-0.05, 0) is 51.4 Å². The van der Waals surface area contributed by atoms with E-state index in [1.807, 2.05) is 27.2 Å². The highest BCUT2D eigenvalue weighted by Gasteiger charge is 2.28. The average molecular weight is 1080 g/mol. The number of hydrogen-bond acceptors (Lipinski definition) is 5. The average Bonchev–Trinajstić information content (AvgIpc) is 3.37. The van der Waals surface area contributed by atoms with E-state index in [0.717, 1.165) is 44.9 Å². The van der Waals surface area contributed by atoms with Crippen LogP contribution in [0, 0.1) is 0 Å². The first-order valence-electron chi connectivity index (χ1n) is 32.9. The van der Waals surface area contributed by atoms with Crippen LogP contribution in [0.3, 0.4) is 0 Å². The minimum Gasteiger partial charge on any atom is -0.387 e. The van der Waals surface area contributed by atoms with Gasteiger partial charge in [-0.1, -0.05) is 307 Å². The number of unbranched alkanes of at least 4 members (excludes halogenated alkanes) is 44. The predicted molar refractivity (Wildman–Crippen MR) is 328 cm³/mol. The molecule has 0 heterocycles. The van der Waals surface area contributed by atoms with Gasteiger partial charge in [0.2, 0.25) is 5.91 Å². The molecule has 0 saturated carbocycles. The maximum atomic E-state index is 13.0. The lowest BCUT2D eigenvalue weighted by Gasteiger charge is -2.25. The molecule has 1 amide bonds. The van der Waals surface area contributed by atoms with E-state index in [2.05, 4.69) is 43.5 Å². The molecule has 0 radical (unpaired) electrons. The second kappa shape index (κ2) is 57.4. The normalized spacial score (nSPS) is 14.0. The highest BCUT2D eigenvalue weighted by molar-refractivity contribution is 7.47. The maximum Gasteiger partial charge on any atom is 0.472 e. The zero-order chi connectivity index (χ0) is 54.9. The SMILES string of the molecule is CCCCCCC/C=C\C/C=C\CCCCCCCCCCCCCCCCCCCCCCCCCCCCCC(=O)NC(COP(=O)(O)OCC[N+](C)(C)C)C(O)/C=C/CCCCCCCCCCCCCC. The molecular formula is C66H130N2O6P+. The van der Waals surface area contributed by atoms with E-state index in [-0.39, 0.29) is 19.1 Å². The van der Waals surface area contributed by atoms with Crippen molar-refractivity contribution in [1.29, 1.82) is 0 Å². The first-order chi connectivity index (χ1) is 36.5. The van der Waals surface area contributed by atoms with Gasteiger partial charge in [0.05, 0.1) is 39.9 Å². The molecule has 0 aromatic rings. The van der Waals surface area contributed by atoms with Crippen molar-refractivity contribution < 1.29 is 32.9 Å². The van der Waals surface area contributed by atoms with E-state index in [1.54, 1.807) is 6.08 Å². The number of aliphatic hydroxyl groups is 1. The number of hydrogen-bond donors (Lipinski definition) is 3. The third kappa shape index (κ3) is 60.2. The number of carbonyl (C=O) groups is 1. The molecule has 0 bridgehead atoms. The number of aliphatic hydroxyl groups excluding tert-OH is 1. The summed E-state index contributed by atoms with van der Waals surface area (Å²) in [6, 6.07) is -0.843. The fourth-order valence-electron chi connectivity index (χ4n) is 9.96. The highest BCUT2D eigenvalue weighted by atomic mass is 31.2. The van der Waals surface area contributed by atoms with Crippen LogP contribution in [0.2, 0.25) is 0 Å². The summed E-state index contributed by atoms with van der Waals surface area (Å²) in [5.74, 6) is -0.171. The van der Waals surface area contributed by atoms with Crippen LogP contribution in [-0.4, -0.2) is 73.4 Å². The molecule has 0 aromatic heterocycles. The number of rotatable bonds is 61. The lowest BCUT2D eigenvalue weighted by atomic mass is 10.0. The smallest absolute Gasteiger partial charge is 0.387 e. The van der Waals surface area contributed by atoms with Crippen molar-refractivity contribution in [3.05, 3.63) is 36.5 Å². The number of phosphoric ester groups is 1. The van der Waals surface area contributed by atoms with Crippen molar-refractivity contribution in [2.45, 2.75) is 341 Å². The summed E-state index contributed by atoms with van der Waals surface area (Å²) in [6.45, 7) is 4.84. The summed E-state index contributed by atoms with van der Waals surface area (Å²) >= 11 is 0. The van der Waals surface area contributed by atoms with Crippen molar-refractivity contribution in [2.24, 2.45) is 0 Å². The lowest BCUT2D eigenvalue weighted by Crippen LogP contribution is -2.45. The molecule has 0 aromatic carbocycles. The Labute approximate surface area is 467 Å². The summed E-state index contributed by atoms with van der Waals surface area (Å²) in [5, 5.41) is 13.9. The number of carbonyl (C=O) groups excluding carboxylic acids is 1. The van der Waals surface area contributed by atoms with Crippen molar-refractivity contribution >= 4 is 13.7 Å². The summed E-state index contributed by atoms with van der Waals surface area (Å²) in [6.07, 6.45) is 75.8. The Balaban J connectivity index is 3.87. The van der Waals surface area contributed by atoms with Crippen LogP contribution in [0.4, 0.5) is 0 Å². The van der Waals surface area contributed by atoms with Crippen molar-refractivity contribution in [3.8, 4) is 0 Å². The Bertz CT molecular complexity index is 1320. The van der Waals surface area contributed by atoms with Crippen LogP contribution >= 0.6 is 7.82 Å². The molecule has 8 nitrogen and oxygen atoms in total. The van der Waals surface area contributed by atoms with Crippen LogP contribution in [-0.2, 0) is 18.4 Å². The van der Waals surface area contributed by atoms with Crippen molar-refractivity contribution in [1.82, 2.24) is 5.32 Å². The summed E-state index contributed by atoms with van der Waals surface area (Å²) in [7, 11) is 1.59. The number of nitrogens with zero attached hydrogens (tertiary/aromatic N) is 1. The van der Waals surface area contributed by atoms with Crippen molar-refractivity contribution in [2.75, 3.05) is 40.9 Å². The highest BCUT2D eigenvalue weighted by Crippen LogP contribution is 2.43. The third-order valence-electron chi connectivity index (χ3n) is 15.1. The van der Waals surface area contributed by atoms with Gasteiger partial charge < -0.3 is 19.8 Å². The molecule has 0 aliphatic carbocycles. The molecule has 444 valence electrons. The van der Waals surface area contributed by atoms with Crippen LogP contribution in [0.25, 0.3) is 0 Å². The topological polar surface area (TPSA) is 105 Å². The fourth-order valence-corrected chi connectivity index (χ4v) is 10.7.